The molecule has 1 spiro atoms. The van der Waals surface area contributed by atoms with Crippen LogP contribution in [0.25, 0.3) is 21.1 Å². The number of carboxylic acid groups (broad SMARTS) is 1. The number of hydrogen-bond donors (Lipinski definition) is 2. The molecule has 0 unspecified atom stereocenters. The molecule has 5 aromatic rings. The van der Waals surface area contributed by atoms with Crippen LogP contribution in [0.1, 0.15) is 60.6 Å². The van der Waals surface area contributed by atoms with E-state index in [2.05, 4.69) is 43.8 Å². The van der Waals surface area contributed by atoms with Crippen LogP contribution in [0.15, 0.2) is 47.8 Å². The van der Waals surface area contributed by atoms with Crippen molar-refractivity contribution >= 4 is 38.4 Å². The molecule has 3 aromatic heterocycles. The number of hydrogen-bond acceptors (Lipinski definition) is 8. The SMILES string of the molecule is Cc1c([C@H](c2cc(CN3Cc4nc(O)ccc4OC4(CC4)C3)c3sccc3c2)C(C)(C)C(=O)O)ccc2c1nnn2C. The van der Waals surface area contributed by atoms with E-state index in [0.717, 1.165) is 69.5 Å². The summed E-state index contributed by atoms with van der Waals surface area (Å²) in [5.74, 6) is -0.561. The first-order valence-electron chi connectivity index (χ1n) is 14.2. The van der Waals surface area contributed by atoms with E-state index in [1.54, 1.807) is 35.9 Å². The lowest BCUT2D eigenvalue weighted by Gasteiger charge is -2.33. The second-order valence-corrected chi connectivity index (χ2v) is 13.3. The number of pyridine rings is 1. The predicted octanol–water partition coefficient (Wildman–Crippen LogP) is 5.76. The molecule has 216 valence electrons. The van der Waals surface area contributed by atoms with Gasteiger partial charge < -0.3 is 14.9 Å². The van der Waals surface area contributed by atoms with Gasteiger partial charge in [0.05, 0.1) is 10.9 Å². The van der Waals surface area contributed by atoms with Gasteiger partial charge >= 0.3 is 5.97 Å². The van der Waals surface area contributed by atoms with Crippen molar-refractivity contribution in [3.63, 3.8) is 0 Å². The number of nitrogens with zero attached hydrogens (tertiary/aromatic N) is 5. The van der Waals surface area contributed by atoms with Gasteiger partial charge in [0.1, 0.15) is 22.6 Å². The zero-order valence-corrected chi connectivity index (χ0v) is 24.9. The minimum Gasteiger partial charge on any atom is -0.493 e. The van der Waals surface area contributed by atoms with Crippen LogP contribution < -0.4 is 4.74 Å². The summed E-state index contributed by atoms with van der Waals surface area (Å²) in [6.07, 6.45) is 1.97. The summed E-state index contributed by atoms with van der Waals surface area (Å²) in [5, 5.41) is 32.4. The maximum atomic E-state index is 12.8. The van der Waals surface area contributed by atoms with Gasteiger partial charge in [-0.1, -0.05) is 17.3 Å². The van der Waals surface area contributed by atoms with Gasteiger partial charge in [0.15, 0.2) is 0 Å². The Bertz CT molecular complexity index is 1870. The molecule has 1 atom stereocenters. The second kappa shape index (κ2) is 9.50. The maximum absolute atomic E-state index is 12.8. The van der Waals surface area contributed by atoms with Crippen molar-refractivity contribution in [3.8, 4) is 11.6 Å². The van der Waals surface area contributed by atoms with Gasteiger partial charge in [-0.05, 0) is 90.9 Å². The van der Waals surface area contributed by atoms with Crippen LogP contribution in [0.2, 0.25) is 0 Å². The molecular weight excluding hydrogens is 550 g/mol. The summed E-state index contributed by atoms with van der Waals surface area (Å²) in [7, 11) is 1.86. The average Bonchev–Trinajstić information content (AvgIpc) is 3.36. The minimum atomic E-state index is -1.10. The van der Waals surface area contributed by atoms with Crippen LogP contribution in [0.5, 0.6) is 11.6 Å². The molecular formula is C32H33N5O4S. The molecule has 1 aliphatic heterocycles. The van der Waals surface area contributed by atoms with Crippen molar-refractivity contribution in [2.24, 2.45) is 12.5 Å². The first kappa shape index (κ1) is 26.9. The van der Waals surface area contributed by atoms with Gasteiger partial charge in [-0.3, -0.25) is 9.69 Å². The van der Waals surface area contributed by atoms with Crippen molar-refractivity contribution < 1.29 is 19.7 Å². The quantitative estimate of drug-likeness (QED) is 0.259. The lowest BCUT2D eigenvalue weighted by Crippen LogP contribution is -2.34. The number of carbonyl (C=O) groups is 1. The normalized spacial score (nSPS) is 17.2. The number of ether oxygens (including phenoxy) is 1. The van der Waals surface area contributed by atoms with Crippen molar-refractivity contribution in [2.45, 2.75) is 58.2 Å². The molecule has 2 aromatic carbocycles. The van der Waals surface area contributed by atoms with Gasteiger partial charge in [0.2, 0.25) is 5.88 Å². The Hall–Kier alpha value is -4.02. The number of thiophene rings is 1. The predicted molar refractivity (Wildman–Crippen MR) is 161 cm³/mol. The number of aromatic hydroxyl groups is 1. The molecule has 4 heterocycles. The fourth-order valence-corrected chi connectivity index (χ4v) is 7.40. The molecule has 0 amide bonds. The average molecular weight is 584 g/mol. The third kappa shape index (κ3) is 4.40. The summed E-state index contributed by atoms with van der Waals surface area (Å²) >= 11 is 1.70. The van der Waals surface area contributed by atoms with Gasteiger partial charge in [-0.15, -0.1) is 16.4 Å². The highest BCUT2D eigenvalue weighted by Gasteiger charge is 2.49. The smallest absolute Gasteiger partial charge is 0.310 e. The van der Waals surface area contributed by atoms with Crippen LogP contribution in [0, 0.1) is 12.3 Å². The number of fused-ring (bicyclic) bond motifs is 3. The number of carboxylic acids is 1. The molecule has 0 bridgehead atoms. The Morgan fingerprint density at radius 2 is 2.00 bits per heavy atom. The largest absolute Gasteiger partial charge is 0.493 e. The number of aryl methyl sites for hydroxylation is 2. The summed E-state index contributed by atoms with van der Waals surface area (Å²) in [6.45, 7) is 7.57. The monoisotopic (exact) mass is 583 g/mol. The highest BCUT2D eigenvalue weighted by Crippen LogP contribution is 2.47. The lowest BCUT2D eigenvalue weighted by molar-refractivity contribution is -0.147. The maximum Gasteiger partial charge on any atom is 0.310 e. The summed E-state index contributed by atoms with van der Waals surface area (Å²) in [5.41, 5.74) is 5.07. The zero-order valence-electron chi connectivity index (χ0n) is 24.1. The zero-order chi connectivity index (χ0) is 29.4. The van der Waals surface area contributed by atoms with Gasteiger partial charge in [-0.2, -0.15) is 0 Å². The summed E-state index contributed by atoms with van der Waals surface area (Å²) in [4.78, 5) is 19.5. The molecule has 1 aliphatic carbocycles. The van der Waals surface area contributed by atoms with E-state index < -0.39 is 17.3 Å². The van der Waals surface area contributed by atoms with E-state index in [9.17, 15) is 15.0 Å². The number of benzene rings is 2. The summed E-state index contributed by atoms with van der Waals surface area (Å²) < 4.78 is 9.33. The van der Waals surface area contributed by atoms with Crippen molar-refractivity contribution in [1.29, 1.82) is 0 Å². The standard InChI is InChI=1S/C32H33N5O4S/c1-18-22(5-6-24-28(18)34-35-36(24)4)27(31(2,3)30(39)40)20-13-19-9-12-42-29(19)21(14-20)15-37-16-23-25(7-8-26(38)33-23)41-32(17-37)10-11-32/h5-9,12-14,27H,10-11,15-17H2,1-4H3,(H,33,38)(H,39,40)/t27-/m0/s1. The molecule has 2 aliphatic rings. The lowest BCUT2D eigenvalue weighted by atomic mass is 9.69. The second-order valence-electron chi connectivity index (χ2n) is 12.4. The van der Waals surface area contributed by atoms with Crippen LogP contribution in [-0.4, -0.2) is 53.2 Å². The molecule has 1 fully saturated rings. The van der Waals surface area contributed by atoms with Crippen LogP contribution in [0.4, 0.5) is 0 Å². The molecule has 7 rings (SSSR count). The van der Waals surface area contributed by atoms with E-state index in [1.165, 1.54) is 4.70 Å². The molecule has 0 radical (unpaired) electrons. The van der Waals surface area contributed by atoms with Crippen molar-refractivity contribution in [1.82, 2.24) is 24.9 Å². The number of aliphatic carboxylic acids is 1. The Morgan fingerprint density at radius 1 is 1.19 bits per heavy atom. The van der Waals surface area contributed by atoms with Gasteiger partial charge in [0.25, 0.3) is 0 Å². The Labute approximate surface area is 247 Å². The number of aromatic nitrogens is 4. The van der Waals surface area contributed by atoms with Gasteiger partial charge in [-0.25, -0.2) is 9.67 Å². The van der Waals surface area contributed by atoms with Crippen molar-refractivity contribution in [2.75, 3.05) is 6.54 Å². The first-order valence-corrected chi connectivity index (χ1v) is 15.1. The molecule has 1 saturated carbocycles. The Kier molecular flexibility index (Phi) is 6.07. The van der Waals surface area contributed by atoms with E-state index in [0.29, 0.717) is 13.1 Å². The Balaban J connectivity index is 1.35. The Morgan fingerprint density at radius 3 is 2.76 bits per heavy atom. The van der Waals surface area contributed by atoms with E-state index in [-0.39, 0.29) is 11.5 Å². The highest BCUT2D eigenvalue weighted by molar-refractivity contribution is 7.17. The fraction of sp³-hybridized carbons (Fsp3) is 0.375. The summed E-state index contributed by atoms with van der Waals surface area (Å²) in [6, 6.07) is 13.9. The third-order valence-corrected chi connectivity index (χ3v) is 9.98. The molecule has 0 saturated heterocycles. The highest BCUT2D eigenvalue weighted by atomic mass is 32.1. The van der Waals surface area contributed by atoms with Gasteiger partial charge in [0, 0.05) is 43.4 Å². The van der Waals surface area contributed by atoms with E-state index >= 15 is 0 Å². The molecule has 9 nitrogen and oxygen atoms in total. The third-order valence-electron chi connectivity index (χ3n) is 8.98. The fourth-order valence-electron chi connectivity index (χ4n) is 6.51. The van der Waals surface area contributed by atoms with E-state index in [4.69, 9.17) is 4.74 Å². The van der Waals surface area contributed by atoms with E-state index in [1.807, 2.05) is 32.2 Å². The topological polar surface area (TPSA) is 114 Å². The number of rotatable bonds is 6. The molecule has 42 heavy (non-hydrogen) atoms. The van der Waals surface area contributed by atoms with Crippen molar-refractivity contribution in [3.05, 3.63) is 75.8 Å². The minimum absolute atomic E-state index is 0.0131. The van der Waals surface area contributed by atoms with Crippen LogP contribution >= 0.6 is 11.3 Å². The van der Waals surface area contributed by atoms with Crippen LogP contribution in [-0.2, 0) is 24.9 Å². The molecule has 10 heteroatoms. The van der Waals surface area contributed by atoms with Crippen LogP contribution in [0.3, 0.4) is 0 Å². The first-order chi connectivity index (χ1) is 20.0. The molecule has 2 N–H and O–H groups in total.